The average molecular weight is 183 g/mol. The van der Waals surface area contributed by atoms with Gasteiger partial charge in [0.15, 0.2) is 5.92 Å². The van der Waals surface area contributed by atoms with Crippen molar-refractivity contribution in [1.29, 1.82) is 5.26 Å². The van der Waals surface area contributed by atoms with Gasteiger partial charge in [0, 0.05) is 6.08 Å². The Labute approximate surface area is 75.2 Å². The number of carboxylic acid groups (broad SMARTS) is 1. The summed E-state index contributed by atoms with van der Waals surface area (Å²) in [5.41, 5.74) is 0. The number of aliphatic carboxylic acids is 1. The fourth-order valence-corrected chi connectivity index (χ4v) is 0.546. The maximum absolute atomic E-state index is 10.7. The molecule has 0 aromatic rings. The lowest BCUT2D eigenvalue weighted by Crippen LogP contribution is -2.09. The van der Waals surface area contributed by atoms with Crippen LogP contribution >= 0.6 is 0 Å². The van der Waals surface area contributed by atoms with E-state index in [1.54, 1.807) is 6.92 Å². The third kappa shape index (κ3) is 4.58. The summed E-state index contributed by atoms with van der Waals surface area (Å²) in [6.45, 7) is 1.85. The van der Waals surface area contributed by atoms with Gasteiger partial charge in [-0.25, -0.2) is 4.79 Å². The first-order valence-corrected chi connectivity index (χ1v) is 3.59. The number of nitriles is 1. The normalized spacial score (nSPS) is 12.0. The van der Waals surface area contributed by atoms with E-state index in [-0.39, 0.29) is 6.61 Å². The number of esters is 1. The molecule has 0 aliphatic rings. The van der Waals surface area contributed by atoms with E-state index >= 15 is 0 Å². The fourth-order valence-electron chi connectivity index (χ4n) is 0.546. The highest BCUT2D eigenvalue weighted by Crippen LogP contribution is 1.97. The lowest BCUT2D eigenvalue weighted by Gasteiger charge is -1.96. The molecule has 0 radical (unpaired) electrons. The Kier molecular flexibility index (Phi) is 4.96. The largest absolute Gasteiger partial charge is 0.480 e. The molecule has 1 N–H and O–H groups in total. The molecular weight excluding hydrogens is 174 g/mol. The van der Waals surface area contributed by atoms with Gasteiger partial charge in [0.25, 0.3) is 0 Å². The zero-order chi connectivity index (χ0) is 10.3. The summed E-state index contributed by atoms with van der Waals surface area (Å²) in [7, 11) is 0. The van der Waals surface area contributed by atoms with Crippen LogP contribution < -0.4 is 0 Å². The van der Waals surface area contributed by atoms with Crippen molar-refractivity contribution < 1.29 is 19.4 Å². The Morgan fingerprint density at radius 2 is 2.31 bits per heavy atom. The van der Waals surface area contributed by atoms with Crippen molar-refractivity contribution in [3.63, 3.8) is 0 Å². The minimum atomic E-state index is -1.30. The number of hydrogen-bond donors (Lipinski definition) is 1. The number of carbonyl (C=O) groups is 2. The van der Waals surface area contributed by atoms with Crippen LogP contribution in [0.15, 0.2) is 12.2 Å². The van der Waals surface area contributed by atoms with Crippen molar-refractivity contribution in [1.82, 2.24) is 0 Å². The summed E-state index contributed by atoms with van der Waals surface area (Å²) in [5, 5.41) is 16.7. The molecule has 70 valence electrons. The molecule has 1 atom stereocenters. The quantitative estimate of drug-likeness (QED) is 0.501. The van der Waals surface area contributed by atoms with Gasteiger partial charge in [-0.2, -0.15) is 5.26 Å². The Hall–Kier alpha value is -1.83. The smallest absolute Gasteiger partial charge is 0.330 e. The highest BCUT2D eigenvalue weighted by atomic mass is 16.5. The number of ether oxygens (including phenoxy) is 1. The van der Waals surface area contributed by atoms with Gasteiger partial charge in [0.2, 0.25) is 0 Å². The van der Waals surface area contributed by atoms with Crippen LogP contribution in [-0.4, -0.2) is 23.7 Å². The Balaban J connectivity index is 4.17. The molecule has 0 aliphatic carbocycles. The van der Waals surface area contributed by atoms with E-state index in [1.165, 1.54) is 6.07 Å². The molecule has 0 aliphatic heterocycles. The van der Waals surface area contributed by atoms with Crippen LogP contribution in [0.1, 0.15) is 6.92 Å². The molecule has 5 nitrogen and oxygen atoms in total. The lowest BCUT2D eigenvalue weighted by atomic mass is 10.1. The van der Waals surface area contributed by atoms with E-state index in [0.29, 0.717) is 0 Å². The second-order valence-electron chi connectivity index (χ2n) is 2.06. The van der Waals surface area contributed by atoms with Crippen LogP contribution in [-0.2, 0) is 14.3 Å². The third-order valence-corrected chi connectivity index (χ3v) is 1.12. The van der Waals surface area contributed by atoms with Gasteiger partial charge in [0.1, 0.15) is 0 Å². The molecule has 0 saturated heterocycles. The molecule has 0 fully saturated rings. The van der Waals surface area contributed by atoms with E-state index in [4.69, 9.17) is 10.4 Å². The first kappa shape index (κ1) is 11.2. The Bertz CT molecular complexity index is 264. The van der Waals surface area contributed by atoms with Crippen LogP contribution in [0.3, 0.4) is 0 Å². The van der Waals surface area contributed by atoms with Crippen LogP contribution in [0.2, 0.25) is 0 Å². The van der Waals surface area contributed by atoms with Gasteiger partial charge < -0.3 is 9.84 Å². The maximum atomic E-state index is 10.7. The molecule has 1 unspecified atom stereocenters. The van der Waals surface area contributed by atoms with Crippen LogP contribution in [0, 0.1) is 17.2 Å². The Morgan fingerprint density at radius 1 is 1.69 bits per heavy atom. The molecule has 0 bridgehead atoms. The standard InChI is InChI=1S/C8H9NO4/c1-2-13-7(10)4-3-6(5-9)8(11)12/h3-4,6H,2H2,1H3,(H,11,12)/b4-3+. The van der Waals surface area contributed by atoms with Gasteiger partial charge in [0.05, 0.1) is 12.7 Å². The van der Waals surface area contributed by atoms with Gasteiger partial charge >= 0.3 is 11.9 Å². The molecule has 0 aromatic heterocycles. The summed E-state index contributed by atoms with van der Waals surface area (Å²) >= 11 is 0. The zero-order valence-electron chi connectivity index (χ0n) is 7.06. The molecule has 0 aromatic carbocycles. The van der Waals surface area contributed by atoms with E-state index < -0.39 is 17.9 Å². The first-order valence-electron chi connectivity index (χ1n) is 3.59. The SMILES string of the molecule is CCOC(=O)/C=C/C(C#N)C(=O)O. The summed E-state index contributed by atoms with van der Waals surface area (Å²) in [5.74, 6) is -3.24. The molecule has 0 rings (SSSR count). The van der Waals surface area contributed by atoms with Gasteiger partial charge in [-0.1, -0.05) is 0 Å². The third-order valence-electron chi connectivity index (χ3n) is 1.12. The molecule has 5 heteroatoms. The second kappa shape index (κ2) is 5.77. The van der Waals surface area contributed by atoms with Crippen LogP contribution in [0.4, 0.5) is 0 Å². The van der Waals surface area contributed by atoms with Gasteiger partial charge in [-0.05, 0) is 13.0 Å². The van der Waals surface area contributed by atoms with Crippen molar-refractivity contribution >= 4 is 11.9 Å². The summed E-state index contributed by atoms with van der Waals surface area (Å²) in [6, 6.07) is 1.50. The van der Waals surface area contributed by atoms with Crippen molar-refractivity contribution in [3.8, 4) is 6.07 Å². The zero-order valence-corrected chi connectivity index (χ0v) is 7.06. The van der Waals surface area contributed by atoms with Crippen molar-refractivity contribution in [2.75, 3.05) is 6.61 Å². The molecule has 0 saturated carbocycles. The average Bonchev–Trinajstić information content (AvgIpc) is 2.05. The molecular formula is C8H9NO4. The predicted molar refractivity (Wildman–Crippen MR) is 42.5 cm³/mol. The highest BCUT2D eigenvalue weighted by molar-refractivity contribution is 5.84. The Morgan fingerprint density at radius 3 is 2.69 bits per heavy atom. The number of carboxylic acids is 1. The van der Waals surface area contributed by atoms with Crippen molar-refractivity contribution in [2.45, 2.75) is 6.92 Å². The number of rotatable bonds is 4. The summed E-state index contributed by atoms with van der Waals surface area (Å²) in [6.07, 6.45) is 1.92. The van der Waals surface area contributed by atoms with Crippen molar-refractivity contribution in [3.05, 3.63) is 12.2 Å². The molecule has 0 amide bonds. The van der Waals surface area contributed by atoms with E-state index in [0.717, 1.165) is 12.2 Å². The van der Waals surface area contributed by atoms with Gasteiger partial charge in [-0.3, -0.25) is 4.79 Å². The van der Waals surface area contributed by atoms with Crippen LogP contribution in [0.5, 0.6) is 0 Å². The van der Waals surface area contributed by atoms with E-state index in [2.05, 4.69) is 4.74 Å². The minimum Gasteiger partial charge on any atom is -0.480 e. The van der Waals surface area contributed by atoms with E-state index in [9.17, 15) is 9.59 Å². The summed E-state index contributed by atoms with van der Waals surface area (Å²) < 4.78 is 4.49. The number of carbonyl (C=O) groups excluding carboxylic acids is 1. The fraction of sp³-hybridized carbons (Fsp3) is 0.375. The molecule has 13 heavy (non-hydrogen) atoms. The predicted octanol–water partition coefficient (Wildman–Crippen LogP) is 0.330. The second-order valence-corrected chi connectivity index (χ2v) is 2.06. The number of hydrogen-bond acceptors (Lipinski definition) is 4. The maximum Gasteiger partial charge on any atom is 0.330 e. The molecule has 0 spiro atoms. The van der Waals surface area contributed by atoms with Crippen molar-refractivity contribution in [2.24, 2.45) is 5.92 Å². The summed E-state index contributed by atoms with van der Waals surface area (Å²) in [4.78, 5) is 20.9. The number of nitrogens with zero attached hydrogens (tertiary/aromatic N) is 1. The molecule has 0 heterocycles. The first-order chi connectivity index (χ1) is 6.11. The van der Waals surface area contributed by atoms with E-state index in [1.807, 2.05) is 0 Å². The topological polar surface area (TPSA) is 87.4 Å². The minimum absolute atomic E-state index is 0.216. The van der Waals surface area contributed by atoms with Gasteiger partial charge in [-0.15, -0.1) is 0 Å². The van der Waals surface area contributed by atoms with Crippen LogP contribution in [0.25, 0.3) is 0 Å². The highest BCUT2D eigenvalue weighted by Gasteiger charge is 2.12. The lowest BCUT2D eigenvalue weighted by molar-refractivity contribution is -0.138. The monoisotopic (exact) mass is 183 g/mol.